The molecule has 1 N–H and O–H groups in total. The number of carbonyl (C=O) groups is 2. The van der Waals surface area contributed by atoms with Gasteiger partial charge in [0.1, 0.15) is 0 Å². The fraction of sp³-hybridized carbons (Fsp3) is 0.400. The third-order valence-corrected chi connectivity index (χ3v) is 0.812. The van der Waals surface area contributed by atoms with Gasteiger partial charge in [-0.3, -0.25) is 4.79 Å². The molecule has 0 aliphatic heterocycles. The topological polar surface area (TPSA) is 76.0 Å². The Morgan fingerprint density at radius 2 is 2.00 bits per heavy atom. The molecule has 0 bridgehead atoms. The fourth-order valence-corrected chi connectivity index (χ4v) is 0.352. The lowest BCUT2D eigenvalue weighted by molar-refractivity contribution is -0.133. The summed E-state index contributed by atoms with van der Waals surface area (Å²) in [5, 5.41) is 10.5. The van der Waals surface area contributed by atoms with E-state index in [0.29, 0.717) is 0 Å². The Labute approximate surface area is 57.3 Å². The van der Waals surface area contributed by atoms with E-state index in [1.165, 1.54) is 0 Å². The summed E-state index contributed by atoms with van der Waals surface area (Å²) in [5.74, 6) is -1.57. The Hall–Kier alpha value is -1.39. The monoisotopic (exact) mass is 145 g/mol. The largest absolute Gasteiger partial charge is 0.464 e. The highest BCUT2D eigenvalue weighted by atomic mass is 16.5. The lowest BCUT2D eigenvalue weighted by atomic mass is 10.3. The molecule has 0 aromatic heterocycles. The summed E-state index contributed by atoms with van der Waals surface area (Å²) in [6.45, 7) is 1.10. The molecule has 0 aromatic rings. The zero-order valence-electron chi connectivity index (χ0n) is 5.62. The molecule has 5 heteroatoms. The second-order valence-electron chi connectivity index (χ2n) is 1.50. The molecule has 0 aliphatic rings. The van der Waals surface area contributed by atoms with Crippen LogP contribution < -0.4 is 0 Å². The van der Waals surface area contributed by atoms with Crippen LogP contribution in [-0.2, 0) is 14.3 Å². The third kappa shape index (κ3) is 1.85. The van der Waals surface area contributed by atoms with E-state index >= 15 is 0 Å². The van der Waals surface area contributed by atoms with Crippen molar-refractivity contribution < 1.29 is 19.5 Å². The van der Waals surface area contributed by atoms with Gasteiger partial charge in [0, 0.05) is 6.92 Å². The Balaban J connectivity index is 4.39. The average Bonchev–Trinajstić information content (AvgIpc) is 1.88. The van der Waals surface area contributed by atoms with E-state index in [-0.39, 0.29) is 0 Å². The van der Waals surface area contributed by atoms with Crippen molar-refractivity contribution in [3.8, 4) is 0 Å². The first kappa shape index (κ1) is 8.61. The highest BCUT2D eigenvalue weighted by molar-refractivity contribution is 6.63. The maximum Gasteiger partial charge on any atom is 0.363 e. The van der Waals surface area contributed by atoms with Crippen LogP contribution in [0, 0.1) is 0 Å². The molecule has 5 nitrogen and oxygen atoms in total. The second-order valence-corrected chi connectivity index (χ2v) is 1.50. The number of esters is 1. The lowest BCUT2D eigenvalue weighted by Crippen LogP contribution is -2.22. The molecule has 0 saturated heterocycles. The van der Waals surface area contributed by atoms with Crippen molar-refractivity contribution in [2.24, 2.45) is 5.16 Å². The number of hydrogen-bond donors (Lipinski definition) is 1. The van der Waals surface area contributed by atoms with E-state index in [9.17, 15) is 9.59 Å². The van der Waals surface area contributed by atoms with Crippen molar-refractivity contribution in [1.82, 2.24) is 0 Å². The minimum absolute atomic E-state index is 0.595. The van der Waals surface area contributed by atoms with Crippen LogP contribution in [0.1, 0.15) is 6.92 Å². The first-order chi connectivity index (χ1) is 4.63. The van der Waals surface area contributed by atoms with Crippen molar-refractivity contribution in [3.63, 3.8) is 0 Å². The van der Waals surface area contributed by atoms with Gasteiger partial charge in [0.05, 0.1) is 7.11 Å². The van der Waals surface area contributed by atoms with E-state index in [1.807, 2.05) is 0 Å². The van der Waals surface area contributed by atoms with Gasteiger partial charge in [0.2, 0.25) is 5.71 Å². The van der Waals surface area contributed by atoms with Gasteiger partial charge in [-0.15, -0.1) is 0 Å². The summed E-state index contributed by atoms with van der Waals surface area (Å²) < 4.78 is 4.11. The second kappa shape index (κ2) is 3.60. The minimum atomic E-state index is -0.935. The van der Waals surface area contributed by atoms with Crippen molar-refractivity contribution in [2.75, 3.05) is 7.11 Å². The smallest absolute Gasteiger partial charge is 0.363 e. The molecule has 56 valence electrons. The molecule has 0 aliphatic carbocycles. The Kier molecular flexibility index (Phi) is 3.10. The summed E-state index contributed by atoms with van der Waals surface area (Å²) >= 11 is 0. The molecule has 0 fully saturated rings. The first-order valence-corrected chi connectivity index (χ1v) is 2.44. The summed E-state index contributed by atoms with van der Waals surface area (Å²) in [6, 6.07) is 0. The van der Waals surface area contributed by atoms with Crippen molar-refractivity contribution in [3.05, 3.63) is 0 Å². The van der Waals surface area contributed by atoms with Crippen LogP contribution in [0.3, 0.4) is 0 Å². The normalized spacial score (nSPS) is 10.8. The van der Waals surface area contributed by atoms with Crippen LogP contribution in [0.4, 0.5) is 0 Å². The van der Waals surface area contributed by atoms with Crippen molar-refractivity contribution >= 4 is 17.5 Å². The predicted octanol–water partition coefficient (Wildman–Crippen LogP) is -0.421. The van der Waals surface area contributed by atoms with Crippen LogP contribution in [0.15, 0.2) is 5.16 Å². The van der Waals surface area contributed by atoms with Crippen molar-refractivity contribution in [1.29, 1.82) is 0 Å². The molecular weight excluding hydrogens is 138 g/mol. The Bertz CT molecular complexity index is 184. The molecule has 0 rings (SSSR count). The average molecular weight is 145 g/mol. The number of oxime groups is 1. The molecule has 0 atom stereocenters. The molecular formula is C5H7NO4. The molecule has 0 unspecified atom stereocenters. The number of nitrogens with zero attached hydrogens (tertiary/aromatic N) is 1. The Morgan fingerprint density at radius 1 is 1.50 bits per heavy atom. The van der Waals surface area contributed by atoms with E-state index in [0.717, 1.165) is 14.0 Å². The number of ketones is 1. The molecule has 0 spiro atoms. The van der Waals surface area contributed by atoms with Crippen LogP contribution in [0.5, 0.6) is 0 Å². The quantitative estimate of drug-likeness (QED) is 0.188. The van der Waals surface area contributed by atoms with Crippen LogP contribution in [-0.4, -0.2) is 29.8 Å². The third-order valence-electron chi connectivity index (χ3n) is 0.812. The molecule has 10 heavy (non-hydrogen) atoms. The van der Waals surface area contributed by atoms with Gasteiger partial charge in [0.15, 0.2) is 5.78 Å². The Morgan fingerprint density at radius 3 is 2.10 bits per heavy atom. The van der Waals surface area contributed by atoms with Gasteiger partial charge in [-0.2, -0.15) is 0 Å². The van der Waals surface area contributed by atoms with Crippen LogP contribution in [0.2, 0.25) is 0 Å². The van der Waals surface area contributed by atoms with Gasteiger partial charge in [-0.05, 0) is 0 Å². The van der Waals surface area contributed by atoms with Crippen LogP contribution in [0.25, 0.3) is 0 Å². The zero-order valence-corrected chi connectivity index (χ0v) is 5.62. The van der Waals surface area contributed by atoms with E-state index < -0.39 is 17.5 Å². The van der Waals surface area contributed by atoms with Crippen molar-refractivity contribution in [2.45, 2.75) is 6.92 Å². The maximum atomic E-state index is 10.5. The van der Waals surface area contributed by atoms with Gasteiger partial charge >= 0.3 is 5.97 Å². The number of Topliss-reactive ketones (excluding diaryl/α,β-unsaturated/α-hetero) is 1. The maximum absolute atomic E-state index is 10.5. The highest BCUT2D eigenvalue weighted by Gasteiger charge is 2.16. The molecule has 0 amide bonds. The molecule has 0 saturated carbocycles. The zero-order chi connectivity index (χ0) is 8.15. The van der Waals surface area contributed by atoms with Gasteiger partial charge in [-0.1, -0.05) is 5.16 Å². The number of rotatable bonds is 2. The van der Waals surface area contributed by atoms with Gasteiger partial charge in [-0.25, -0.2) is 4.79 Å². The summed E-state index contributed by atoms with van der Waals surface area (Å²) in [4.78, 5) is 20.8. The number of ether oxygens (including phenoxy) is 1. The number of methoxy groups -OCH3 is 1. The lowest BCUT2D eigenvalue weighted by Gasteiger charge is -1.94. The van der Waals surface area contributed by atoms with Crippen LogP contribution >= 0.6 is 0 Å². The summed E-state index contributed by atoms with van der Waals surface area (Å²) in [5.41, 5.74) is -0.595. The number of carbonyl (C=O) groups excluding carboxylic acids is 2. The summed E-state index contributed by atoms with van der Waals surface area (Å²) in [7, 11) is 1.09. The fourth-order valence-electron chi connectivity index (χ4n) is 0.352. The van der Waals surface area contributed by atoms with Gasteiger partial charge in [0.25, 0.3) is 0 Å². The number of hydrogen-bond acceptors (Lipinski definition) is 5. The van der Waals surface area contributed by atoms with Gasteiger partial charge < -0.3 is 9.94 Å². The standard InChI is InChI=1S/C5H7NO4/c1-3(7)4(6-9)5(8)10-2/h9H,1-2H3/b6-4-. The van der Waals surface area contributed by atoms with E-state index in [4.69, 9.17) is 5.21 Å². The molecule has 0 aromatic carbocycles. The van der Waals surface area contributed by atoms with E-state index in [2.05, 4.69) is 9.89 Å². The minimum Gasteiger partial charge on any atom is -0.464 e. The molecule has 0 heterocycles. The molecule has 0 radical (unpaired) electrons. The first-order valence-electron chi connectivity index (χ1n) is 2.44. The van der Waals surface area contributed by atoms with E-state index in [1.54, 1.807) is 0 Å². The SMILES string of the molecule is COC(=O)/C(=N\O)C(C)=O. The predicted molar refractivity (Wildman–Crippen MR) is 31.9 cm³/mol. The summed E-state index contributed by atoms with van der Waals surface area (Å²) in [6.07, 6.45) is 0. The highest BCUT2D eigenvalue weighted by Crippen LogP contribution is 1.83.